The highest BCUT2D eigenvalue weighted by atomic mass is 16.3. The molecule has 4 rings (SSSR count). The number of hydrogen-bond acceptors (Lipinski definition) is 3. The first-order valence-corrected chi connectivity index (χ1v) is 11.8. The van der Waals surface area contributed by atoms with E-state index in [4.69, 9.17) is 0 Å². The highest BCUT2D eigenvalue weighted by Gasteiger charge is 2.63. The molecule has 27 heavy (non-hydrogen) atoms. The van der Waals surface area contributed by atoms with Crippen molar-refractivity contribution in [3.05, 3.63) is 0 Å². The van der Waals surface area contributed by atoms with Crippen LogP contribution in [-0.2, 0) is 0 Å². The first kappa shape index (κ1) is 20.2. The predicted octanol–water partition coefficient (Wildman–Crippen LogP) is 4.39. The quantitative estimate of drug-likeness (QED) is 0.680. The number of rotatable bonds is 4. The van der Waals surface area contributed by atoms with E-state index >= 15 is 0 Å². The number of fused-ring (bicyclic) bond motifs is 5. The summed E-state index contributed by atoms with van der Waals surface area (Å²) in [6.07, 6.45) is 10.9. The van der Waals surface area contributed by atoms with Gasteiger partial charge in [0.15, 0.2) is 0 Å². The molecule has 0 bridgehead atoms. The second-order valence-corrected chi connectivity index (χ2v) is 11.2. The fourth-order valence-electron chi connectivity index (χ4n) is 8.77. The lowest BCUT2D eigenvalue weighted by atomic mass is 9.43. The van der Waals surface area contributed by atoms with E-state index in [0.717, 1.165) is 44.4 Å². The van der Waals surface area contributed by atoms with Crippen LogP contribution in [0, 0.1) is 46.3 Å². The molecule has 3 nitrogen and oxygen atoms in total. The molecular weight excluding hydrogens is 336 g/mol. The van der Waals surface area contributed by atoms with Crippen molar-refractivity contribution in [1.29, 1.82) is 0 Å². The van der Waals surface area contributed by atoms with Gasteiger partial charge in [-0.25, -0.2) is 0 Å². The van der Waals surface area contributed by atoms with Crippen LogP contribution in [0.15, 0.2) is 0 Å². The Kier molecular flexibility index (Phi) is 5.44. The van der Waals surface area contributed by atoms with Gasteiger partial charge in [0.25, 0.3) is 0 Å². The van der Waals surface area contributed by atoms with Gasteiger partial charge in [0.1, 0.15) is 0 Å². The van der Waals surface area contributed by atoms with Crippen LogP contribution in [-0.4, -0.2) is 34.1 Å². The lowest BCUT2D eigenvalue weighted by Gasteiger charge is -2.62. The van der Waals surface area contributed by atoms with E-state index in [2.05, 4.69) is 20.8 Å². The van der Waals surface area contributed by atoms with Crippen LogP contribution >= 0.6 is 0 Å². The second-order valence-electron chi connectivity index (χ2n) is 11.2. The van der Waals surface area contributed by atoms with Crippen LogP contribution in [0.4, 0.5) is 0 Å². The Morgan fingerprint density at radius 3 is 2.48 bits per heavy atom. The van der Waals surface area contributed by atoms with E-state index in [9.17, 15) is 15.3 Å². The molecule has 3 N–H and O–H groups in total. The molecule has 3 heteroatoms. The SMILES string of the molecule is C[C@H](CCCO)[C@H]1CCC2[C@@H]3CC[C@@H]4C[C@H](O)CC[C@]4(C)[C@H]3C[C@H](O)[C@@]21C. The second kappa shape index (κ2) is 7.29. The minimum Gasteiger partial charge on any atom is -0.396 e. The molecule has 156 valence electrons. The highest BCUT2D eigenvalue weighted by Crippen LogP contribution is 2.68. The Balaban J connectivity index is 1.58. The van der Waals surface area contributed by atoms with Gasteiger partial charge >= 0.3 is 0 Å². The first-order chi connectivity index (χ1) is 12.8. The fraction of sp³-hybridized carbons (Fsp3) is 1.00. The molecule has 10 atom stereocenters. The molecule has 0 radical (unpaired) electrons. The third-order valence-electron chi connectivity index (χ3n) is 10.3. The largest absolute Gasteiger partial charge is 0.396 e. The fourth-order valence-corrected chi connectivity index (χ4v) is 8.77. The van der Waals surface area contributed by atoms with E-state index in [1.54, 1.807) is 0 Å². The zero-order valence-corrected chi connectivity index (χ0v) is 17.7. The Hall–Kier alpha value is -0.120. The summed E-state index contributed by atoms with van der Waals surface area (Å²) in [4.78, 5) is 0. The zero-order chi connectivity index (χ0) is 19.4. The van der Waals surface area contributed by atoms with Gasteiger partial charge in [-0.2, -0.15) is 0 Å². The van der Waals surface area contributed by atoms with Gasteiger partial charge in [0.05, 0.1) is 12.2 Å². The number of aliphatic hydroxyl groups excluding tert-OH is 3. The topological polar surface area (TPSA) is 60.7 Å². The molecule has 0 amide bonds. The molecule has 4 saturated carbocycles. The van der Waals surface area contributed by atoms with Crippen LogP contribution < -0.4 is 0 Å². The van der Waals surface area contributed by atoms with Crippen molar-refractivity contribution in [2.75, 3.05) is 6.61 Å². The van der Waals surface area contributed by atoms with Crippen LogP contribution in [0.5, 0.6) is 0 Å². The zero-order valence-electron chi connectivity index (χ0n) is 17.7. The lowest BCUT2D eigenvalue weighted by molar-refractivity contribution is -0.174. The van der Waals surface area contributed by atoms with Gasteiger partial charge in [-0.05, 0) is 111 Å². The molecule has 0 aromatic rings. The van der Waals surface area contributed by atoms with E-state index < -0.39 is 0 Å². The minimum absolute atomic E-state index is 0.0629. The number of aliphatic hydroxyl groups is 3. The van der Waals surface area contributed by atoms with Gasteiger partial charge in [-0.1, -0.05) is 20.8 Å². The van der Waals surface area contributed by atoms with Crippen molar-refractivity contribution in [1.82, 2.24) is 0 Å². The third-order valence-corrected chi connectivity index (χ3v) is 10.3. The van der Waals surface area contributed by atoms with E-state index in [1.165, 1.54) is 25.7 Å². The average molecular weight is 379 g/mol. The summed E-state index contributed by atoms with van der Waals surface area (Å²) in [5.74, 6) is 3.92. The smallest absolute Gasteiger partial charge is 0.0602 e. The molecule has 0 spiro atoms. The van der Waals surface area contributed by atoms with Gasteiger partial charge in [0.2, 0.25) is 0 Å². The lowest BCUT2D eigenvalue weighted by Crippen LogP contribution is -2.58. The molecule has 4 fully saturated rings. The molecule has 4 aliphatic carbocycles. The third kappa shape index (κ3) is 3.02. The predicted molar refractivity (Wildman–Crippen MR) is 108 cm³/mol. The van der Waals surface area contributed by atoms with Crippen LogP contribution in [0.25, 0.3) is 0 Å². The van der Waals surface area contributed by atoms with Crippen molar-refractivity contribution >= 4 is 0 Å². The van der Waals surface area contributed by atoms with E-state index in [0.29, 0.717) is 35.0 Å². The summed E-state index contributed by atoms with van der Waals surface area (Å²) in [6.45, 7) is 7.54. The van der Waals surface area contributed by atoms with Crippen molar-refractivity contribution in [3.63, 3.8) is 0 Å². The summed E-state index contributed by atoms with van der Waals surface area (Å²) in [7, 11) is 0. The summed E-state index contributed by atoms with van der Waals surface area (Å²) in [5.41, 5.74) is 0.387. The maximum absolute atomic E-state index is 11.5. The van der Waals surface area contributed by atoms with Crippen molar-refractivity contribution < 1.29 is 15.3 Å². The molecule has 0 aliphatic heterocycles. The maximum Gasteiger partial charge on any atom is 0.0602 e. The van der Waals surface area contributed by atoms with Crippen molar-refractivity contribution in [2.45, 2.75) is 97.2 Å². The van der Waals surface area contributed by atoms with Gasteiger partial charge < -0.3 is 15.3 Å². The van der Waals surface area contributed by atoms with Crippen LogP contribution in [0.2, 0.25) is 0 Å². The summed E-state index contributed by atoms with van der Waals surface area (Å²) in [5, 5.41) is 30.9. The molecule has 0 heterocycles. The molecule has 4 aliphatic rings. The Bertz CT molecular complexity index is 536. The molecule has 0 aromatic heterocycles. The summed E-state index contributed by atoms with van der Waals surface area (Å²) in [6, 6.07) is 0. The minimum atomic E-state index is -0.185. The van der Waals surface area contributed by atoms with Crippen molar-refractivity contribution in [2.24, 2.45) is 46.3 Å². The van der Waals surface area contributed by atoms with Gasteiger partial charge in [-0.15, -0.1) is 0 Å². The van der Waals surface area contributed by atoms with Crippen LogP contribution in [0.1, 0.15) is 85.0 Å². The Morgan fingerprint density at radius 1 is 0.963 bits per heavy atom. The van der Waals surface area contributed by atoms with E-state index in [-0.39, 0.29) is 24.2 Å². The molecule has 1 unspecified atom stereocenters. The average Bonchev–Trinajstić information content (AvgIpc) is 3.00. The maximum atomic E-state index is 11.5. The normalized spacial score (nSPS) is 53.3. The van der Waals surface area contributed by atoms with Gasteiger partial charge in [0, 0.05) is 6.61 Å². The Labute approximate surface area is 165 Å². The summed E-state index contributed by atoms with van der Waals surface area (Å²) < 4.78 is 0. The van der Waals surface area contributed by atoms with Gasteiger partial charge in [-0.3, -0.25) is 0 Å². The van der Waals surface area contributed by atoms with E-state index in [1.807, 2.05) is 0 Å². The molecular formula is C24H42O3. The first-order valence-electron chi connectivity index (χ1n) is 11.8. The van der Waals surface area contributed by atoms with Crippen LogP contribution in [0.3, 0.4) is 0 Å². The van der Waals surface area contributed by atoms with Crippen molar-refractivity contribution in [3.8, 4) is 0 Å². The number of hydrogen-bond donors (Lipinski definition) is 3. The standard InChI is InChI=1S/C24H42O3/c1-15(5-4-12-25)19-8-9-20-18-7-6-16-13-17(26)10-11-23(16,2)21(18)14-22(27)24(19,20)3/h15-22,25-27H,4-14H2,1-3H3/t15-,16-,17-,18+,19-,20?,21+,22+,23+,24-/m1/s1. The highest BCUT2D eigenvalue weighted by molar-refractivity contribution is 5.12. The Morgan fingerprint density at radius 2 is 1.74 bits per heavy atom. The molecule has 0 aromatic carbocycles. The monoisotopic (exact) mass is 378 g/mol. The molecule has 0 saturated heterocycles. The summed E-state index contributed by atoms with van der Waals surface area (Å²) >= 11 is 0.